The third-order valence-corrected chi connectivity index (χ3v) is 4.88. The van der Waals surface area contributed by atoms with Crippen molar-refractivity contribution in [3.63, 3.8) is 0 Å². The Morgan fingerprint density at radius 1 is 1.09 bits per heavy atom. The Balaban J connectivity index is 2.22. The molecule has 0 saturated heterocycles. The molecule has 0 spiro atoms. The number of rotatable bonds is 4. The number of furan rings is 1. The first-order valence-corrected chi connectivity index (χ1v) is 7.73. The first-order valence-electron chi connectivity index (χ1n) is 6.29. The molecule has 0 aliphatic rings. The smallest absolute Gasteiger partial charge is 0.416 e. The summed E-state index contributed by atoms with van der Waals surface area (Å²) in [5, 5.41) is 0. The van der Waals surface area contributed by atoms with E-state index in [1.807, 2.05) is 0 Å². The average molecular weight is 333 g/mol. The Hall–Kier alpha value is -1.80. The molecular weight excluding hydrogens is 319 g/mol. The number of benzene rings is 1. The molecule has 0 fully saturated rings. The van der Waals surface area contributed by atoms with Crippen LogP contribution >= 0.6 is 0 Å². The van der Waals surface area contributed by atoms with Gasteiger partial charge in [-0.3, -0.25) is 0 Å². The van der Waals surface area contributed by atoms with Crippen LogP contribution < -0.4 is 0 Å². The summed E-state index contributed by atoms with van der Waals surface area (Å²) in [6, 6.07) is 6.74. The van der Waals surface area contributed by atoms with Crippen molar-refractivity contribution in [2.45, 2.75) is 24.5 Å². The summed E-state index contributed by atoms with van der Waals surface area (Å²) in [5.41, 5.74) is -0.893. The molecule has 2 aromatic rings. The van der Waals surface area contributed by atoms with E-state index in [1.54, 1.807) is 19.1 Å². The lowest BCUT2D eigenvalue weighted by Gasteiger charge is -2.16. The number of sulfonamides is 1. The van der Waals surface area contributed by atoms with Crippen molar-refractivity contribution < 1.29 is 26.0 Å². The summed E-state index contributed by atoms with van der Waals surface area (Å²) in [6.07, 6.45) is -4.50. The Morgan fingerprint density at radius 2 is 1.68 bits per heavy atom. The molecule has 0 radical (unpaired) electrons. The van der Waals surface area contributed by atoms with Crippen molar-refractivity contribution in [3.8, 4) is 0 Å². The van der Waals surface area contributed by atoms with Crippen LogP contribution in [0, 0.1) is 6.92 Å². The van der Waals surface area contributed by atoms with Crippen LogP contribution in [0.5, 0.6) is 0 Å². The van der Waals surface area contributed by atoms with E-state index in [0.29, 0.717) is 11.5 Å². The van der Waals surface area contributed by atoms with Crippen LogP contribution in [0.25, 0.3) is 0 Å². The van der Waals surface area contributed by atoms with Crippen molar-refractivity contribution in [2.24, 2.45) is 0 Å². The number of nitrogens with zero attached hydrogens (tertiary/aromatic N) is 1. The maximum absolute atomic E-state index is 12.5. The molecule has 0 unspecified atom stereocenters. The Bertz CT molecular complexity index is 748. The van der Waals surface area contributed by atoms with Crippen LogP contribution in [0.15, 0.2) is 45.7 Å². The largest absolute Gasteiger partial charge is 0.465 e. The molecule has 0 N–H and O–H groups in total. The molecular formula is C14H14F3NO3S. The second-order valence-corrected chi connectivity index (χ2v) is 6.84. The first kappa shape index (κ1) is 16.6. The highest BCUT2D eigenvalue weighted by Crippen LogP contribution is 2.30. The zero-order chi connectivity index (χ0) is 16.5. The summed E-state index contributed by atoms with van der Waals surface area (Å²) in [4.78, 5) is -0.203. The maximum Gasteiger partial charge on any atom is 0.416 e. The minimum absolute atomic E-state index is 0.00278. The molecule has 0 aliphatic carbocycles. The molecule has 8 heteroatoms. The second-order valence-electron chi connectivity index (χ2n) is 4.80. The fraction of sp³-hybridized carbons (Fsp3) is 0.286. The molecule has 22 heavy (non-hydrogen) atoms. The van der Waals surface area contributed by atoms with Crippen molar-refractivity contribution in [2.75, 3.05) is 7.05 Å². The number of halogens is 3. The van der Waals surface area contributed by atoms with Crippen molar-refractivity contribution in [1.82, 2.24) is 4.31 Å². The third-order valence-electron chi connectivity index (χ3n) is 3.06. The van der Waals surface area contributed by atoms with E-state index in [9.17, 15) is 21.6 Å². The summed E-state index contributed by atoms with van der Waals surface area (Å²) in [6.45, 7) is 1.73. The Kier molecular flexibility index (Phi) is 4.35. The number of alkyl halides is 3. The van der Waals surface area contributed by atoms with Crippen LogP contribution in [0.2, 0.25) is 0 Å². The SMILES string of the molecule is Cc1ccc(CN(C)S(=O)(=O)c2ccc(C(F)(F)F)cc2)o1. The van der Waals surface area contributed by atoms with Gasteiger partial charge in [-0.05, 0) is 43.3 Å². The summed E-state index contributed by atoms with van der Waals surface area (Å²) in [5.74, 6) is 1.10. The standard InChI is InChI=1S/C14H14F3NO3S/c1-10-3-6-12(21-10)9-18(2)22(19,20)13-7-4-11(5-8-13)14(15,16)17/h3-8H,9H2,1-2H3. The number of hydrogen-bond acceptors (Lipinski definition) is 3. The van der Waals surface area contributed by atoms with Crippen molar-refractivity contribution in [3.05, 3.63) is 53.5 Å². The van der Waals surface area contributed by atoms with E-state index < -0.39 is 21.8 Å². The topological polar surface area (TPSA) is 50.5 Å². The summed E-state index contributed by atoms with van der Waals surface area (Å²) < 4.78 is 68.4. The van der Waals surface area contributed by atoms with Gasteiger partial charge in [0.2, 0.25) is 10.0 Å². The van der Waals surface area contributed by atoms with E-state index in [-0.39, 0.29) is 11.4 Å². The summed E-state index contributed by atoms with van der Waals surface area (Å²) >= 11 is 0. The predicted octanol–water partition coefficient (Wildman–Crippen LogP) is 3.43. The lowest BCUT2D eigenvalue weighted by Crippen LogP contribution is -2.26. The Morgan fingerprint density at radius 3 is 2.14 bits per heavy atom. The molecule has 120 valence electrons. The van der Waals surface area contributed by atoms with Crippen LogP contribution in [-0.4, -0.2) is 19.8 Å². The van der Waals surface area contributed by atoms with Gasteiger partial charge in [-0.25, -0.2) is 8.42 Å². The fourth-order valence-corrected chi connectivity index (χ4v) is 3.01. The molecule has 0 aliphatic heterocycles. The van der Waals surface area contributed by atoms with Gasteiger partial charge in [0.05, 0.1) is 17.0 Å². The van der Waals surface area contributed by atoms with E-state index in [0.717, 1.165) is 28.6 Å². The average Bonchev–Trinajstić information content (AvgIpc) is 2.83. The molecule has 1 aromatic carbocycles. The quantitative estimate of drug-likeness (QED) is 0.861. The molecule has 0 bridgehead atoms. The molecule has 0 amide bonds. The first-order chi connectivity index (χ1) is 10.1. The second kappa shape index (κ2) is 5.77. The molecule has 0 atom stereocenters. The van der Waals surface area contributed by atoms with Crippen molar-refractivity contribution in [1.29, 1.82) is 0 Å². The predicted molar refractivity (Wildman–Crippen MR) is 73.5 cm³/mol. The lowest BCUT2D eigenvalue weighted by atomic mass is 10.2. The van der Waals surface area contributed by atoms with Gasteiger partial charge in [0.25, 0.3) is 0 Å². The highest BCUT2D eigenvalue weighted by Gasteiger charge is 2.31. The molecule has 1 aromatic heterocycles. The number of aryl methyl sites for hydroxylation is 1. The molecule has 2 rings (SSSR count). The third kappa shape index (κ3) is 3.50. The van der Waals surface area contributed by atoms with Crippen LogP contribution in [0.4, 0.5) is 13.2 Å². The molecule has 4 nitrogen and oxygen atoms in total. The number of hydrogen-bond donors (Lipinski definition) is 0. The maximum atomic E-state index is 12.5. The van der Waals surface area contributed by atoms with Gasteiger partial charge in [0, 0.05) is 7.05 Å². The van der Waals surface area contributed by atoms with E-state index in [4.69, 9.17) is 4.42 Å². The van der Waals surface area contributed by atoms with Crippen LogP contribution in [-0.2, 0) is 22.7 Å². The molecule has 1 heterocycles. The minimum Gasteiger partial charge on any atom is -0.465 e. The van der Waals surface area contributed by atoms with E-state index in [1.165, 1.54) is 7.05 Å². The fourth-order valence-electron chi connectivity index (χ4n) is 1.87. The van der Waals surface area contributed by atoms with Gasteiger partial charge >= 0.3 is 6.18 Å². The summed E-state index contributed by atoms with van der Waals surface area (Å²) in [7, 11) is -2.55. The van der Waals surface area contributed by atoms with Gasteiger partial charge < -0.3 is 4.42 Å². The van der Waals surface area contributed by atoms with Gasteiger partial charge in [0.1, 0.15) is 11.5 Å². The van der Waals surface area contributed by atoms with Gasteiger partial charge in [-0.15, -0.1) is 0 Å². The highest BCUT2D eigenvalue weighted by atomic mass is 32.2. The normalized spacial score (nSPS) is 12.8. The van der Waals surface area contributed by atoms with Gasteiger partial charge in [-0.2, -0.15) is 17.5 Å². The monoisotopic (exact) mass is 333 g/mol. The minimum atomic E-state index is -4.50. The van der Waals surface area contributed by atoms with E-state index in [2.05, 4.69) is 0 Å². The van der Waals surface area contributed by atoms with E-state index >= 15 is 0 Å². The van der Waals surface area contributed by atoms with Crippen LogP contribution in [0.1, 0.15) is 17.1 Å². The van der Waals surface area contributed by atoms with Crippen LogP contribution in [0.3, 0.4) is 0 Å². The van der Waals surface area contributed by atoms with Gasteiger partial charge in [0.15, 0.2) is 0 Å². The van der Waals surface area contributed by atoms with Crippen molar-refractivity contribution >= 4 is 10.0 Å². The Labute approximate surface area is 126 Å². The zero-order valence-electron chi connectivity index (χ0n) is 11.9. The lowest BCUT2D eigenvalue weighted by molar-refractivity contribution is -0.137. The molecule has 0 saturated carbocycles. The van der Waals surface area contributed by atoms with Gasteiger partial charge in [-0.1, -0.05) is 0 Å². The highest BCUT2D eigenvalue weighted by molar-refractivity contribution is 7.89. The zero-order valence-corrected chi connectivity index (χ0v) is 12.7.